The van der Waals surface area contributed by atoms with Gasteiger partial charge in [0.05, 0.1) is 17.5 Å². The Hall–Kier alpha value is -2.19. The van der Waals surface area contributed by atoms with E-state index >= 15 is 0 Å². The maximum atomic E-state index is 13.4. The van der Waals surface area contributed by atoms with Crippen molar-refractivity contribution >= 4 is 43.5 Å². The van der Waals surface area contributed by atoms with Crippen LogP contribution >= 0.6 is 27.5 Å². The van der Waals surface area contributed by atoms with E-state index in [4.69, 9.17) is 11.6 Å². The summed E-state index contributed by atoms with van der Waals surface area (Å²) in [6, 6.07) is 20.8. The fraction of sp³-hybridized carbons (Fsp3) is 0.208. The van der Waals surface area contributed by atoms with Gasteiger partial charge in [0.15, 0.2) is 0 Å². The fourth-order valence-corrected chi connectivity index (χ4v) is 4.94. The van der Waals surface area contributed by atoms with Crippen molar-refractivity contribution in [3.63, 3.8) is 0 Å². The Morgan fingerprint density at radius 2 is 1.59 bits per heavy atom. The van der Waals surface area contributed by atoms with Crippen molar-refractivity contribution in [3.05, 3.63) is 99.0 Å². The number of halogens is 2. The molecule has 0 aliphatic carbocycles. The molecule has 0 heterocycles. The standard InChI is InChI=1S/C24H24BrClN2O3S/c1-17-3-13-23(14-4-17)32(30,31)28(15-19-5-9-21(25)10-6-19)16-24(29)27-18(2)20-7-11-22(26)12-8-20/h3-14,18H,15-16H2,1-2H3,(H,27,29)/t18-/m1/s1. The lowest BCUT2D eigenvalue weighted by Crippen LogP contribution is -2.41. The Bertz CT molecular complexity index is 1170. The largest absolute Gasteiger partial charge is 0.348 e. The number of amides is 1. The molecule has 0 unspecified atom stereocenters. The number of carbonyl (C=O) groups is 1. The van der Waals surface area contributed by atoms with Gasteiger partial charge in [-0.3, -0.25) is 4.79 Å². The predicted molar refractivity (Wildman–Crippen MR) is 131 cm³/mol. The molecule has 1 amide bonds. The first-order chi connectivity index (χ1) is 15.1. The summed E-state index contributed by atoms with van der Waals surface area (Å²) < 4.78 is 28.8. The molecule has 3 rings (SSSR count). The van der Waals surface area contributed by atoms with Crippen LogP contribution in [0.3, 0.4) is 0 Å². The second kappa shape index (κ2) is 10.6. The first-order valence-corrected chi connectivity index (χ1v) is 12.6. The van der Waals surface area contributed by atoms with Gasteiger partial charge in [0.2, 0.25) is 15.9 Å². The zero-order chi connectivity index (χ0) is 23.3. The SMILES string of the molecule is Cc1ccc(S(=O)(=O)N(CC(=O)N[C@H](C)c2ccc(Cl)cc2)Cc2ccc(Br)cc2)cc1. The minimum Gasteiger partial charge on any atom is -0.348 e. The molecule has 0 saturated heterocycles. The maximum Gasteiger partial charge on any atom is 0.243 e. The molecule has 0 aliphatic heterocycles. The second-order valence-corrected chi connectivity index (χ2v) is 10.8. The third-order valence-corrected chi connectivity index (χ3v) is 7.58. The van der Waals surface area contributed by atoms with Gasteiger partial charge in [0, 0.05) is 16.0 Å². The first-order valence-electron chi connectivity index (χ1n) is 10.0. The Labute approximate surface area is 202 Å². The highest BCUT2D eigenvalue weighted by Crippen LogP contribution is 2.21. The normalized spacial score (nSPS) is 12.5. The molecule has 0 saturated carbocycles. The smallest absolute Gasteiger partial charge is 0.243 e. The molecule has 1 atom stereocenters. The first kappa shape index (κ1) is 24.5. The van der Waals surface area contributed by atoms with Crippen LogP contribution in [-0.4, -0.2) is 25.2 Å². The number of hydrogen-bond acceptors (Lipinski definition) is 3. The summed E-state index contributed by atoms with van der Waals surface area (Å²) >= 11 is 9.32. The average Bonchev–Trinajstić information content (AvgIpc) is 2.75. The topological polar surface area (TPSA) is 66.5 Å². The summed E-state index contributed by atoms with van der Waals surface area (Å²) in [5.74, 6) is -0.389. The average molecular weight is 536 g/mol. The highest BCUT2D eigenvalue weighted by atomic mass is 79.9. The lowest BCUT2D eigenvalue weighted by atomic mass is 10.1. The second-order valence-electron chi connectivity index (χ2n) is 7.55. The monoisotopic (exact) mass is 534 g/mol. The number of carbonyl (C=O) groups excluding carboxylic acids is 1. The van der Waals surface area contributed by atoms with Crippen LogP contribution in [0.15, 0.2) is 82.2 Å². The van der Waals surface area contributed by atoms with Crippen LogP contribution in [0.5, 0.6) is 0 Å². The molecule has 3 aromatic carbocycles. The van der Waals surface area contributed by atoms with E-state index in [0.717, 1.165) is 21.2 Å². The van der Waals surface area contributed by atoms with Crippen molar-refractivity contribution < 1.29 is 13.2 Å². The molecular formula is C24H24BrClN2O3S. The number of aryl methyl sites for hydroxylation is 1. The van der Waals surface area contributed by atoms with Gasteiger partial charge in [-0.15, -0.1) is 0 Å². The molecule has 0 bridgehead atoms. The highest BCUT2D eigenvalue weighted by Gasteiger charge is 2.27. The third kappa shape index (κ3) is 6.42. The third-order valence-electron chi connectivity index (χ3n) is 5.00. The van der Waals surface area contributed by atoms with E-state index in [0.29, 0.717) is 5.02 Å². The number of nitrogens with one attached hydrogen (secondary N) is 1. The number of hydrogen-bond donors (Lipinski definition) is 1. The molecule has 32 heavy (non-hydrogen) atoms. The lowest BCUT2D eigenvalue weighted by molar-refractivity contribution is -0.122. The molecule has 168 valence electrons. The van der Waals surface area contributed by atoms with E-state index in [2.05, 4.69) is 21.2 Å². The number of benzene rings is 3. The molecule has 0 radical (unpaired) electrons. The summed E-state index contributed by atoms with van der Waals surface area (Å²) in [5.41, 5.74) is 2.61. The summed E-state index contributed by atoms with van der Waals surface area (Å²) in [5, 5.41) is 3.49. The van der Waals surface area contributed by atoms with Gasteiger partial charge < -0.3 is 5.32 Å². The Balaban J connectivity index is 1.82. The predicted octanol–water partition coefficient (Wildman–Crippen LogP) is 5.48. The zero-order valence-electron chi connectivity index (χ0n) is 17.8. The van der Waals surface area contributed by atoms with E-state index < -0.39 is 10.0 Å². The highest BCUT2D eigenvalue weighted by molar-refractivity contribution is 9.10. The van der Waals surface area contributed by atoms with Crippen LogP contribution < -0.4 is 5.32 Å². The molecule has 0 aliphatic rings. The molecule has 0 fully saturated rings. The molecule has 3 aromatic rings. The van der Waals surface area contributed by atoms with Gasteiger partial charge in [0.25, 0.3) is 0 Å². The van der Waals surface area contributed by atoms with E-state index in [1.807, 2.05) is 50.2 Å². The van der Waals surface area contributed by atoms with Gasteiger partial charge in [-0.05, 0) is 61.4 Å². The summed E-state index contributed by atoms with van der Waals surface area (Å²) in [7, 11) is -3.88. The minimum absolute atomic E-state index is 0.0756. The van der Waals surface area contributed by atoms with Crippen LogP contribution in [0.4, 0.5) is 0 Å². The van der Waals surface area contributed by atoms with E-state index in [1.54, 1.807) is 36.4 Å². The van der Waals surface area contributed by atoms with E-state index in [1.165, 1.54) is 4.31 Å². The number of rotatable bonds is 8. The molecule has 5 nitrogen and oxygen atoms in total. The Morgan fingerprint density at radius 3 is 2.19 bits per heavy atom. The van der Waals surface area contributed by atoms with E-state index in [-0.39, 0.29) is 29.9 Å². The van der Waals surface area contributed by atoms with Crippen LogP contribution in [0, 0.1) is 6.92 Å². The fourth-order valence-electron chi connectivity index (χ4n) is 3.16. The van der Waals surface area contributed by atoms with Crippen molar-refractivity contribution in [2.45, 2.75) is 31.3 Å². The Kier molecular flexibility index (Phi) is 8.11. The van der Waals surface area contributed by atoms with Gasteiger partial charge >= 0.3 is 0 Å². The number of nitrogens with zero attached hydrogens (tertiary/aromatic N) is 1. The van der Waals surface area contributed by atoms with Gasteiger partial charge in [0.1, 0.15) is 0 Å². The van der Waals surface area contributed by atoms with Crippen molar-refractivity contribution in [1.29, 1.82) is 0 Å². The van der Waals surface area contributed by atoms with Crippen molar-refractivity contribution in [1.82, 2.24) is 9.62 Å². The van der Waals surface area contributed by atoms with Crippen LogP contribution in [0.1, 0.15) is 29.7 Å². The molecule has 0 aromatic heterocycles. The molecular weight excluding hydrogens is 512 g/mol. The van der Waals surface area contributed by atoms with Crippen molar-refractivity contribution in [2.75, 3.05) is 6.54 Å². The van der Waals surface area contributed by atoms with Crippen molar-refractivity contribution in [2.24, 2.45) is 0 Å². The quantitative estimate of drug-likeness (QED) is 0.415. The Morgan fingerprint density at radius 1 is 1.00 bits per heavy atom. The van der Waals surface area contributed by atoms with Gasteiger partial charge in [-0.1, -0.05) is 69.5 Å². The maximum absolute atomic E-state index is 13.4. The number of sulfonamides is 1. The molecule has 8 heteroatoms. The molecule has 0 spiro atoms. The van der Waals surface area contributed by atoms with Crippen molar-refractivity contribution in [3.8, 4) is 0 Å². The molecule has 1 N–H and O–H groups in total. The van der Waals surface area contributed by atoms with Crippen LogP contribution in [-0.2, 0) is 21.4 Å². The zero-order valence-corrected chi connectivity index (χ0v) is 20.9. The summed E-state index contributed by atoms with van der Waals surface area (Å²) in [6.07, 6.45) is 0. The van der Waals surface area contributed by atoms with Crippen LogP contribution in [0.2, 0.25) is 5.02 Å². The lowest BCUT2D eigenvalue weighted by Gasteiger charge is -2.23. The van der Waals surface area contributed by atoms with Gasteiger partial charge in [-0.2, -0.15) is 4.31 Å². The minimum atomic E-state index is -3.88. The summed E-state index contributed by atoms with van der Waals surface area (Å²) in [6.45, 7) is 3.51. The van der Waals surface area contributed by atoms with Gasteiger partial charge in [-0.25, -0.2) is 8.42 Å². The summed E-state index contributed by atoms with van der Waals surface area (Å²) in [4.78, 5) is 13.0. The van der Waals surface area contributed by atoms with Crippen LogP contribution in [0.25, 0.3) is 0 Å². The van der Waals surface area contributed by atoms with E-state index in [9.17, 15) is 13.2 Å².